The normalized spacial score (nSPS) is 13.1. The quantitative estimate of drug-likeness (QED) is 0.407. The molecule has 0 aliphatic carbocycles. The minimum absolute atomic E-state index is 0.455. The second-order valence-corrected chi connectivity index (χ2v) is 7.35. The van der Waals surface area contributed by atoms with Crippen LogP contribution >= 0.6 is 0 Å². The predicted octanol–water partition coefficient (Wildman–Crippen LogP) is 3.43. The van der Waals surface area contributed by atoms with E-state index in [9.17, 15) is 0 Å². The van der Waals surface area contributed by atoms with Gasteiger partial charge in [-0.1, -0.05) is 19.4 Å². The van der Waals surface area contributed by atoms with Gasteiger partial charge in [-0.2, -0.15) is 0 Å². The van der Waals surface area contributed by atoms with Crippen LogP contribution in [-0.4, -0.2) is 28.3 Å². The van der Waals surface area contributed by atoms with E-state index in [-0.39, 0.29) is 0 Å². The van der Waals surface area contributed by atoms with Crippen molar-refractivity contribution in [2.45, 2.75) is 46.4 Å². The van der Waals surface area contributed by atoms with E-state index in [0.29, 0.717) is 24.7 Å². The van der Waals surface area contributed by atoms with Crippen LogP contribution in [0.3, 0.4) is 0 Å². The Labute approximate surface area is 128 Å². The Morgan fingerprint density at radius 3 is 2.33 bits per heavy atom. The molecule has 0 aliphatic rings. The largest absolute Gasteiger partial charge is 0.503 e. The zero-order valence-electron chi connectivity index (χ0n) is 13.4. The monoisotopic (exact) mass is 313 g/mol. The number of anilines is 1. The van der Waals surface area contributed by atoms with Crippen LogP contribution in [0.15, 0.2) is 24.3 Å². The van der Waals surface area contributed by atoms with Crippen LogP contribution in [0.2, 0.25) is 6.04 Å². The first-order chi connectivity index (χ1) is 10.0. The van der Waals surface area contributed by atoms with Gasteiger partial charge in [0.25, 0.3) is 0 Å². The molecule has 1 rings (SSSR count). The molecule has 0 amide bonds. The molecule has 120 valence electrons. The zero-order chi connectivity index (χ0) is 15.7. The van der Waals surface area contributed by atoms with Crippen molar-refractivity contribution in [2.75, 3.05) is 18.9 Å². The summed E-state index contributed by atoms with van der Waals surface area (Å²) >= 11 is 0. The highest BCUT2D eigenvalue weighted by atomic mass is 28.4. The van der Waals surface area contributed by atoms with Crippen molar-refractivity contribution in [3.05, 3.63) is 24.3 Å². The van der Waals surface area contributed by atoms with Crippen LogP contribution in [-0.2, 0) is 13.3 Å². The highest BCUT2D eigenvalue weighted by Gasteiger charge is 2.41. The molecule has 0 saturated carbocycles. The van der Waals surface area contributed by atoms with Gasteiger partial charge in [-0.15, -0.1) is 0 Å². The standard InChI is InChI=1S/C15H27NO4Si/c1-5-11-21(17-6-2,18-7-3)20-13(4)19-15-10-8-9-14(16)12-15/h8-10,12-13H,5-7,11,16H2,1-4H3. The van der Waals surface area contributed by atoms with E-state index >= 15 is 0 Å². The van der Waals surface area contributed by atoms with Crippen LogP contribution in [0.25, 0.3) is 0 Å². The third kappa shape index (κ3) is 6.05. The van der Waals surface area contributed by atoms with Crippen molar-refractivity contribution in [3.63, 3.8) is 0 Å². The van der Waals surface area contributed by atoms with E-state index < -0.39 is 15.1 Å². The molecule has 1 atom stereocenters. The van der Waals surface area contributed by atoms with Gasteiger partial charge < -0.3 is 23.7 Å². The van der Waals surface area contributed by atoms with Gasteiger partial charge in [0.15, 0.2) is 6.29 Å². The van der Waals surface area contributed by atoms with E-state index in [2.05, 4.69) is 6.92 Å². The molecule has 0 heterocycles. The molecule has 0 aromatic heterocycles. The summed E-state index contributed by atoms with van der Waals surface area (Å²) in [6.07, 6.45) is 0.486. The molecule has 5 nitrogen and oxygen atoms in total. The topological polar surface area (TPSA) is 62.9 Å². The van der Waals surface area contributed by atoms with E-state index in [0.717, 1.165) is 12.5 Å². The molecule has 1 aromatic rings. The number of ether oxygens (including phenoxy) is 1. The molecule has 0 radical (unpaired) electrons. The molecule has 21 heavy (non-hydrogen) atoms. The van der Waals surface area contributed by atoms with E-state index in [1.165, 1.54) is 0 Å². The molecule has 0 spiro atoms. The van der Waals surface area contributed by atoms with E-state index in [1.807, 2.05) is 39.0 Å². The van der Waals surface area contributed by atoms with Gasteiger partial charge in [-0.05, 0) is 32.9 Å². The average Bonchev–Trinajstić information content (AvgIpc) is 2.39. The maximum absolute atomic E-state index is 6.03. The smallest absolute Gasteiger partial charge is 0.466 e. The Morgan fingerprint density at radius 1 is 1.14 bits per heavy atom. The van der Waals surface area contributed by atoms with Crippen molar-refractivity contribution in [2.24, 2.45) is 0 Å². The average molecular weight is 313 g/mol. The van der Waals surface area contributed by atoms with E-state index in [4.69, 9.17) is 23.7 Å². The first-order valence-electron chi connectivity index (χ1n) is 7.53. The number of benzene rings is 1. The Kier molecular flexibility index (Phi) is 7.74. The molecule has 0 saturated heterocycles. The molecule has 1 unspecified atom stereocenters. The van der Waals surface area contributed by atoms with Crippen molar-refractivity contribution >= 4 is 14.5 Å². The second-order valence-electron chi connectivity index (χ2n) is 4.67. The summed E-state index contributed by atoms with van der Waals surface area (Å²) in [5.74, 6) is 0.676. The van der Waals surface area contributed by atoms with Crippen LogP contribution in [0.1, 0.15) is 34.1 Å². The van der Waals surface area contributed by atoms with Crippen molar-refractivity contribution < 1.29 is 18.0 Å². The minimum Gasteiger partial charge on any atom is -0.466 e. The van der Waals surface area contributed by atoms with Crippen LogP contribution in [0.4, 0.5) is 5.69 Å². The Morgan fingerprint density at radius 2 is 1.81 bits per heavy atom. The summed E-state index contributed by atoms with van der Waals surface area (Å²) in [5.41, 5.74) is 6.40. The summed E-state index contributed by atoms with van der Waals surface area (Å²) in [6.45, 7) is 8.96. The van der Waals surface area contributed by atoms with E-state index in [1.54, 1.807) is 6.07 Å². The fraction of sp³-hybridized carbons (Fsp3) is 0.600. The van der Waals surface area contributed by atoms with Crippen molar-refractivity contribution in [1.82, 2.24) is 0 Å². The number of rotatable bonds is 10. The van der Waals surface area contributed by atoms with Crippen LogP contribution in [0, 0.1) is 0 Å². The third-order valence-electron chi connectivity index (χ3n) is 2.79. The molecular formula is C15H27NO4Si. The SMILES string of the molecule is CCC[Si](OCC)(OCC)OC(C)Oc1cccc(N)c1. The van der Waals surface area contributed by atoms with Gasteiger partial charge in [0.2, 0.25) is 0 Å². The van der Waals surface area contributed by atoms with Gasteiger partial charge in [-0.25, -0.2) is 0 Å². The highest BCUT2D eigenvalue weighted by molar-refractivity contribution is 6.60. The lowest BCUT2D eigenvalue weighted by molar-refractivity contribution is -0.0490. The van der Waals surface area contributed by atoms with Gasteiger partial charge in [-0.3, -0.25) is 0 Å². The molecule has 6 heteroatoms. The summed E-state index contributed by atoms with van der Waals surface area (Å²) in [4.78, 5) is 0. The molecular weight excluding hydrogens is 286 g/mol. The minimum atomic E-state index is -2.68. The predicted molar refractivity (Wildman–Crippen MR) is 86.1 cm³/mol. The molecule has 1 aromatic carbocycles. The molecule has 0 aliphatic heterocycles. The van der Waals surface area contributed by atoms with Gasteiger partial charge in [0.1, 0.15) is 5.75 Å². The maximum Gasteiger partial charge on any atom is 0.503 e. The number of nitrogens with two attached hydrogens (primary N) is 1. The Balaban J connectivity index is 2.72. The molecule has 0 bridgehead atoms. The van der Waals surface area contributed by atoms with Crippen molar-refractivity contribution in [3.8, 4) is 5.75 Å². The first kappa shape index (κ1) is 18.0. The summed E-state index contributed by atoms with van der Waals surface area (Å²) in [6, 6.07) is 8.05. The lowest BCUT2D eigenvalue weighted by Gasteiger charge is -2.31. The van der Waals surface area contributed by atoms with Gasteiger partial charge >= 0.3 is 8.80 Å². The zero-order valence-corrected chi connectivity index (χ0v) is 14.4. The van der Waals surface area contributed by atoms with Gasteiger partial charge in [0, 0.05) is 31.0 Å². The maximum atomic E-state index is 6.03. The fourth-order valence-electron chi connectivity index (χ4n) is 2.12. The summed E-state index contributed by atoms with van der Waals surface area (Å²) in [5, 5.41) is 0. The summed E-state index contributed by atoms with van der Waals surface area (Å²) < 4.78 is 23.5. The number of hydrogen-bond donors (Lipinski definition) is 1. The molecule has 0 fully saturated rings. The van der Waals surface area contributed by atoms with Crippen molar-refractivity contribution in [1.29, 1.82) is 0 Å². The first-order valence-corrected chi connectivity index (χ1v) is 9.46. The summed E-state index contributed by atoms with van der Waals surface area (Å²) in [7, 11) is -2.68. The Bertz CT molecular complexity index is 399. The lowest BCUT2D eigenvalue weighted by Crippen LogP contribution is -2.49. The highest BCUT2D eigenvalue weighted by Crippen LogP contribution is 2.22. The second kappa shape index (κ2) is 9.04. The fourth-order valence-corrected chi connectivity index (χ4v) is 4.79. The Hall–Kier alpha value is -1.08. The van der Waals surface area contributed by atoms with Gasteiger partial charge in [0.05, 0.1) is 0 Å². The lowest BCUT2D eigenvalue weighted by atomic mass is 10.3. The third-order valence-corrected chi connectivity index (χ3v) is 6.05. The van der Waals surface area contributed by atoms with Crippen LogP contribution in [0.5, 0.6) is 5.75 Å². The number of hydrogen-bond acceptors (Lipinski definition) is 5. The van der Waals surface area contributed by atoms with Crippen LogP contribution < -0.4 is 10.5 Å². The number of nitrogen functional groups attached to an aromatic ring is 1. The molecule has 2 N–H and O–H groups in total.